The van der Waals surface area contributed by atoms with Crippen molar-refractivity contribution in [3.05, 3.63) is 84.9 Å². The molecule has 142 valence electrons. The summed E-state index contributed by atoms with van der Waals surface area (Å²) in [7, 11) is 0. The van der Waals surface area contributed by atoms with Crippen molar-refractivity contribution in [1.82, 2.24) is 18.9 Å². The Kier molecular flexibility index (Phi) is 4.09. The van der Waals surface area contributed by atoms with Crippen LogP contribution in [0.5, 0.6) is 0 Å². The van der Waals surface area contributed by atoms with E-state index in [0.29, 0.717) is 0 Å². The number of aromatic nitrogens is 4. The van der Waals surface area contributed by atoms with Crippen LogP contribution in [0.15, 0.2) is 79.4 Å². The topological polar surface area (TPSA) is 64.2 Å². The molecular formula is C23H19N5O. The number of nitrogens with zero attached hydrogens (tertiary/aromatic N) is 4. The van der Waals surface area contributed by atoms with Gasteiger partial charge in [-0.15, -0.1) is 0 Å². The van der Waals surface area contributed by atoms with Crippen LogP contribution in [0.3, 0.4) is 0 Å². The number of rotatable bonds is 4. The number of fused-ring (bicyclic) bond motifs is 2. The van der Waals surface area contributed by atoms with E-state index in [0.717, 1.165) is 33.6 Å². The molecule has 0 fully saturated rings. The van der Waals surface area contributed by atoms with Crippen LogP contribution in [0.1, 0.15) is 5.56 Å². The second-order valence-corrected chi connectivity index (χ2v) is 7.09. The Balaban J connectivity index is 1.37. The summed E-state index contributed by atoms with van der Waals surface area (Å²) < 4.78 is 3.84. The molecule has 0 atom stereocenters. The van der Waals surface area contributed by atoms with Crippen LogP contribution >= 0.6 is 0 Å². The molecule has 2 aromatic carbocycles. The fourth-order valence-corrected chi connectivity index (χ4v) is 3.47. The summed E-state index contributed by atoms with van der Waals surface area (Å²) in [5, 5.41) is 2.98. The van der Waals surface area contributed by atoms with Gasteiger partial charge in [-0.25, -0.2) is 9.97 Å². The number of hydrogen-bond acceptors (Lipinski definition) is 3. The molecule has 0 bridgehead atoms. The summed E-state index contributed by atoms with van der Waals surface area (Å²) >= 11 is 0. The van der Waals surface area contributed by atoms with Gasteiger partial charge in [-0.1, -0.05) is 24.3 Å². The number of benzene rings is 2. The predicted octanol–water partition coefficient (Wildman–Crippen LogP) is 4.30. The standard InChI is InChI=1S/C23H19N5O/c1-16-9-10-27-13-20(26-22(27)11-16)17-5-4-6-18(12-17)25-23(29)14-28-15-24-19-7-2-3-8-21(19)28/h2-13,15H,14H2,1H3,(H,25,29). The van der Waals surface area contributed by atoms with Crippen LogP contribution in [0.25, 0.3) is 27.9 Å². The summed E-state index contributed by atoms with van der Waals surface area (Å²) in [6, 6.07) is 19.6. The third kappa shape index (κ3) is 3.36. The quantitative estimate of drug-likeness (QED) is 0.505. The van der Waals surface area contributed by atoms with Crippen molar-refractivity contribution < 1.29 is 4.79 Å². The van der Waals surface area contributed by atoms with E-state index in [9.17, 15) is 4.79 Å². The van der Waals surface area contributed by atoms with Crippen LogP contribution in [0.2, 0.25) is 0 Å². The zero-order valence-corrected chi connectivity index (χ0v) is 15.9. The first-order valence-corrected chi connectivity index (χ1v) is 9.41. The van der Waals surface area contributed by atoms with Crippen LogP contribution in [-0.2, 0) is 11.3 Å². The first-order chi connectivity index (χ1) is 14.2. The van der Waals surface area contributed by atoms with Crippen molar-refractivity contribution in [2.45, 2.75) is 13.5 Å². The number of carbonyl (C=O) groups is 1. The molecule has 0 radical (unpaired) electrons. The number of carbonyl (C=O) groups excluding carboxylic acids is 1. The Morgan fingerprint density at radius 2 is 1.97 bits per heavy atom. The SMILES string of the molecule is Cc1ccn2cc(-c3cccc(NC(=O)Cn4cnc5ccccc54)c3)nc2c1. The molecule has 6 nitrogen and oxygen atoms in total. The number of para-hydroxylation sites is 2. The van der Waals surface area contributed by atoms with E-state index in [1.807, 2.05) is 82.9 Å². The van der Waals surface area contributed by atoms with Crippen LogP contribution in [0, 0.1) is 6.92 Å². The highest BCUT2D eigenvalue weighted by Gasteiger charge is 2.09. The zero-order valence-electron chi connectivity index (χ0n) is 15.9. The lowest BCUT2D eigenvalue weighted by Gasteiger charge is -2.08. The van der Waals surface area contributed by atoms with Crippen molar-refractivity contribution in [2.75, 3.05) is 5.32 Å². The summed E-state index contributed by atoms with van der Waals surface area (Å²) in [6.07, 6.45) is 5.69. The van der Waals surface area contributed by atoms with E-state index >= 15 is 0 Å². The Bertz CT molecular complexity index is 1350. The van der Waals surface area contributed by atoms with Crippen molar-refractivity contribution in [2.24, 2.45) is 0 Å². The van der Waals surface area contributed by atoms with Gasteiger partial charge < -0.3 is 14.3 Å². The minimum absolute atomic E-state index is 0.101. The fraction of sp³-hybridized carbons (Fsp3) is 0.0870. The monoisotopic (exact) mass is 381 g/mol. The molecule has 1 amide bonds. The number of hydrogen-bond donors (Lipinski definition) is 1. The molecule has 0 aliphatic heterocycles. The van der Waals surface area contributed by atoms with Crippen LogP contribution < -0.4 is 5.32 Å². The predicted molar refractivity (Wildman–Crippen MR) is 114 cm³/mol. The average molecular weight is 381 g/mol. The molecule has 6 heteroatoms. The van der Waals surface area contributed by atoms with Gasteiger partial charge in [0.25, 0.3) is 0 Å². The molecule has 0 unspecified atom stereocenters. The van der Waals surface area contributed by atoms with Gasteiger partial charge in [0.05, 0.1) is 23.1 Å². The van der Waals surface area contributed by atoms with E-state index in [1.165, 1.54) is 5.56 Å². The molecule has 3 heterocycles. The second kappa shape index (κ2) is 6.91. The highest BCUT2D eigenvalue weighted by Crippen LogP contribution is 2.23. The highest BCUT2D eigenvalue weighted by molar-refractivity contribution is 5.92. The molecular weight excluding hydrogens is 362 g/mol. The number of pyridine rings is 1. The molecule has 5 rings (SSSR count). The molecule has 3 aromatic heterocycles. The molecule has 0 spiro atoms. The summed E-state index contributed by atoms with van der Waals surface area (Å²) in [5.74, 6) is -0.101. The third-order valence-corrected chi connectivity index (χ3v) is 4.90. The van der Waals surface area contributed by atoms with E-state index in [2.05, 4.69) is 16.4 Å². The second-order valence-electron chi connectivity index (χ2n) is 7.09. The van der Waals surface area contributed by atoms with Crippen LogP contribution in [0.4, 0.5) is 5.69 Å². The van der Waals surface area contributed by atoms with E-state index in [-0.39, 0.29) is 12.5 Å². The van der Waals surface area contributed by atoms with Crippen LogP contribution in [-0.4, -0.2) is 24.8 Å². The minimum atomic E-state index is -0.101. The molecule has 0 saturated heterocycles. The third-order valence-electron chi connectivity index (χ3n) is 4.90. The average Bonchev–Trinajstić information content (AvgIpc) is 3.32. The lowest BCUT2D eigenvalue weighted by Crippen LogP contribution is -2.18. The number of nitrogens with one attached hydrogen (secondary N) is 1. The van der Waals surface area contributed by atoms with Crippen molar-refractivity contribution in [3.8, 4) is 11.3 Å². The molecule has 1 N–H and O–H groups in total. The van der Waals surface area contributed by atoms with Gasteiger partial charge in [-0.05, 0) is 48.9 Å². The van der Waals surface area contributed by atoms with E-state index in [1.54, 1.807) is 6.33 Å². The van der Waals surface area contributed by atoms with Gasteiger partial charge in [-0.2, -0.15) is 0 Å². The van der Waals surface area contributed by atoms with Gasteiger partial charge in [0.1, 0.15) is 12.2 Å². The van der Waals surface area contributed by atoms with Gasteiger partial charge in [0.2, 0.25) is 5.91 Å². The molecule has 0 saturated carbocycles. The van der Waals surface area contributed by atoms with Gasteiger partial charge in [0.15, 0.2) is 0 Å². The number of anilines is 1. The first-order valence-electron chi connectivity index (χ1n) is 9.41. The highest BCUT2D eigenvalue weighted by atomic mass is 16.1. The molecule has 0 aliphatic carbocycles. The minimum Gasteiger partial charge on any atom is -0.325 e. The van der Waals surface area contributed by atoms with Crippen molar-refractivity contribution in [1.29, 1.82) is 0 Å². The smallest absolute Gasteiger partial charge is 0.244 e. The first kappa shape index (κ1) is 17.2. The van der Waals surface area contributed by atoms with E-state index < -0.39 is 0 Å². The van der Waals surface area contributed by atoms with Gasteiger partial charge in [0, 0.05) is 23.6 Å². The number of amides is 1. The normalized spacial score (nSPS) is 11.2. The summed E-state index contributed by atoms with van der Waals surface area (Å²) in [5.41, 5.74) is 6.46. The van der Waals surface area contributed by atoms with Crippen molar-refractivity contribution in [3.63, 3.8) is 0 Å². The van der Waals surface area contributed by atoms with Gasteiger partial charge in [-0.3, -0.25) is 4.79 Å². The molecule has 0 aliphatic rings. The summed E-state index contributed by atoms with van der Waals surface area (Å²) in [6.45, 7) is 2.26. The maximum absolute atomic E-state index is 12.6. The largest absolute Gasteiger partial charge is 0.325 e. The molecule has 5 aromatic rings. The Hall–Kier alpha value is -3.93. The maximum atomic E-state index is 12.6. The van der Waals surface area contributed by atoms with Crippen molar-refractivity contribution >= 4 is 28.3 Å². The lowest BCUT2D eigenvalue weighted by molar-refractivity contribution is -0.116. The van der Waals surface area contributed by atoms with Gasteiger partial charge >= 0.3 is 0 Å². The van der Waals surface area contributed by atoms with E-state index in [4.69, 9.17) is 4.98 Å². The molecule has 29 heavy (non-hydrogen) atoms. The number of aryl methyl sites for hydroxylation is 1. The fourth-order valence-electron chi connectivity index (χ4n) is 3.47. The maximum Gasteiger partial charge on any atom is 0.244 e. The Morgan fingerprint density at radius 3 is 2.90 bits per heavy atom. The lowest BCUT2D eigenvalue weighted by atomic mass is 10.1. The summed E-state index contributed by atoms with van der Waals surface area (Å²) in [4.78, 5) is 21.6. The number of imidazole rings is 2. The Morgan fingerprint density at radius 1 is 1.07 bits per heavy atom. The Labute approximate surface area is 167 Å². The zero-order chi connectivity index (χ0) is 19.8.